The van der Waals surface area contributed by atoms with Crippen molar-refractivity contribution in [2.24, 2.45) is 0 Å². The summed E-state index contributed by atoms with van der Waals surface area (Å²) in [5.41, 5.74) is 0. The molecule has 0 atom stereocenters. The molecule has 70 valence electrons. The van der Waals surface area contributed by atoms with Gasteiger partial charge in [-0.25, -0.2) is 0 Å². The van der Waals surface area contributed by atoms with Gasteiger partial charge in [0.1, 0.15) is 5.76 Å². The van der Waals surface area contributed by atoms with Crippen LogP contribution in [0.1, 0.15) is 35.1 Å². The van der Waals surface area contributed by atoms with Crippen molar-refractivity contribution in [1.29, 1.82) is 0 Å². The van der Waals surface area contributed by atoms with Crippen molar-refractivity contribution in [3.05, 3.63) is 23.7 Å². The molecule has 2 rings (SSSR count). The van der Waals surface area contributed by atoms with Crippen molar-refractivity contribution in [3.63, 3.8) is 0 Å². The number of carbonyl (C=O) groups excluding carboxylic acids is 1. The molecule has 0 saturated heterocycles. The van der Waals surface area contributed by atoms with Crippen molar-refractivity contribution in [2.75, 3.05) is 0 Å². The molecule has 1 heterocycles. The lowest BCUT2D eigenvalue weighted by Crippen LogP contribution is -1.71. The summed E-state index contributed by atoms with van der Waals surface area (Å²) in [6.45, 7) is -0.250. The minimum atomic E-state index is -0.250. The Bertz CT molecular complexity index is 286. The maximum absolute atomic E-state index is 10.2. The Morgan fingerprint density at radius 1 is 1.38 bits per heavy atom. The van der Waals surface area contributed by atoms with E-state index in [0.29, 0.717) is 11.7 Å². The fourth-order valence-electron chi connectivity index (χ4n) is 1.02. The van der Waals surface area contributed by atoms with E-state index >= 15 is 0 Å². The van der Waals surface area contributed by atoms with Crippen LogP contribution in [0.15, 0.2) is 16.5 Å². The predicted molar refractivity (Wildman–Crippen MR) is 44.8 cm³/mol. The van der Waals surface area contributed by atoms with Crippen LogP contribution in [0.4, 0.5) is 0 Å². The van der Waals surface area contributed by atoms with Crippen LogP contribution >= 0.6 is 0 Å². The number of hydrogen-bond donors (Lipinski definition) is 1. The summed E-state index contributed by atoms with van der Waals surface area (Å²) >= 11 is 0. The Hall–Kier alpha value is -1.58. The summed E-state index contributed by atoms with van der Waals surface area (Å²) in [6, 6.07) is 3.61. The van der Waals surface area contributed by atoms with Crippen LogP contribution in [0.25, 0.3) is 0 Å². The summed E-state index contributed by atoms with van der Waals surface area (Å²) in [4.78, 5) is 18.5. The van der Waals surface area contributed by atoms with Crippen molar-refractivity contribution in [2.45, 2.75) is 18.8 Å². The van der Waals surface area contributed by atoms with Crippen molar-refractivity contribution < 1.29 is 19.1 Å². The highest BCUT2D eigenvalue weighted by atomic mass is 16.3. The van der Waals surface area contributed by atoms with E-state index in [1.807, 2.05) is 6.07 Å². The number of rotatable bonds is 2. The van der Waals surface area contributed by atoms with Gasteiger partial charge in [0.25, 0.3) is 6.47 Å². The topological polar surface area (TPSA) is 67.5 Å². The SMILES string of the molecule is O=CO.O=Cc1ccc(C2CC2)o1. The molecule has 0 aliphatic heterocycles. The molecule has 0 aromatic carbocycles. The lowest BCUT2D eigenvalue weighted by molar-refractivity contribution is -0.122. The van der Waals surface area contributed by atoms with E-state index in [9.17, 15) is 4.79 Å². The molecule has 0 unspecified atom stereocenters. The predicted octanol–water partition coefficient (Wildman–Crippen LogP) is 1.67. The van der Waals surface area contributed by atoms with E-state index in [4.69, 9.17) is 14.3 Å². The first-order valence-electron chi connectivity index (χ1n) is 3.94. The van der Waals surface area contributed by atoms with E-state index in [0.717, 1.165) is 12.0 Å². The molecule has 4 nitrogen and oxygen atoms in total. The van der Waals surface area contributed by atoms with Crippen LogP contribution in [0.5, 0.6) is 0 Å². The zero-order valence-corrected chi connectivity index (χ0v) is 6.97. The van der Waals surface area contributed by atoms with E-state index in [1.165, 1.54) is 12.8 Å². The molecule has 1 aliphatic rings. The lowest BCUT2D eigenvalue weighted by atomic mass is 10.3. The van der Waals surface area contributed by atoms with E-state index in [-0.39, 0.29) is 6.47 Å². The number of aldehydes is 1. The van der Waals surface area contributed by atoms with Crippen LogP contribution in [-0.2, 0) is 4.79 Å². The molecule has 0 amide bonds. The average Bonchev–Trinajstić information content (AvgIpc) is 2.86. The highest BCUT2D eigenvalue weighted by molar-refractivity contribution is 5.70. The van der Waals surface area contributed by atoms with Gasteiger partial charge in [0.2, 0.25) is 0 Å². The first kappa shape index (κ1) is 9.51. The van der Waals surface area contributed by atoms with Crippen molar-refractivity contribution in [1.82, 2.24) is 0 Å². The first-order chi connectivity index (χ1) is 6.31. The molecule has 1 aromatic heterocycles. The zero-order valence-electron chi connectivity index (χ0n) is 6.97. The van der Waals surface area contributed by atoms with Crippen LogP contribution in [0.3, 0.4) is 0 Å². The highest BCUT2D eigenvalue weighted by Gasteiger charge is 2.26. The third kappa shape index (κ3) is 2.74. The van der Waals surface area contributed by atoms with Gasteiger partial charge in [-0.2, -0.15) is 0 Å². The van der Waals surface area contributed by atoms with Crippen LogP contribution < -0.4 is 0 Å². The first-order valence-corrected chi connectivity index (χ1v) is 3.94. The quantitative estimate of drug-likeness (QED) is 0.706. The number of hydrogen-bond acceptors (Lipinski definition) is 3. The maximum Gasteiger partial charge on any atom is 0.290 e. The van der Waals surface area contributed by atoms with Gasteiger partial charge in [0, 0.05) is 5.92 Å². The van der Waals surface area contributed by atoms with Crippen molar-refractivity contribution >= 4 is 12.8 Å². The molecule has 1 aliphatic carbocycles. The summed E-state index contributed by atoms with van der Waals surface area (Å²) in [6.07, 6.45) is 3.17. The molecule has 13 heavy (non-hydrogen) atoms. The van der Waals surface area contributed by atoms with E-state index < -0.39 is 0 Å². The second kappa shape index (κ2) is 4.45. The molecule has 1 aromatic rings. The molecule has 0 radical (unpaired) electrons. The van der Waals surface area contributed by atoms with Gasteiger partial charge < -0.3 is 9.52 Å². The average molecular weight is 182 g/mol. The fraction of sp³-hybridized carbons (Fsp3) is 0.333. The second-order valence-corrected chi connectivity index (χ2v) is 2.74. The Kier molecular flexibility index (Phi) is 3.25. The van der Waals surface area contributed by atoms with Gasteiger partial charge in [0.05, 0.1) is 0 Å². The van der Waals surface area contributed by atoms with E-state index in [2.05, 4.69) is 0 Å². The minimum Gasteiger partial charge on any atom is -0.483 e. The Morgan fingerprint density at radius 2 is 2.00 bits per heavy atom. The Morgan fingerprint density at radius 3 is 2.38 bits per heavy atom. The van der Waals surface area contributed by atoms with Crippen LogP contribution in [-0.4, -0.2) is 17.9 Å². The molecular weight excluding hydrogens is 172 g/mol. The summed E-state index contributed by atoms with van der Waals surface area (Å²) < 4.78 is 5.19. The Balaban J connectivity index is 0.000000251. The van der Waals surface area contributed by atoms with Gasteiger partial charge in [-0.15, -0.1) is 0 Å². The van der Waals surface area contributed by atoms with Crippen LogP contribution in [0, 0.1) is 0 Å². The number of furan rings is 1. The molecule has 1 N–H and O–H groups in total. The Labute approximate surface area is 75.2 Å². The zero-order chi connectivity index (χ0) is 9.68. The summed E-state index contributed by atoms with van der Waals surface area (Å²) in [5, 5.41) is 6.89. The molecule has 4 heteroatoms. The lowest BCUT2D eigenvalue weighted by Gasteiger charge is -1.85. The van der Waals surface area contributed by atoms with Crippen molar-refractivity contribution in [3.8, 4) is 0 Å². The van der Waals surface area contributed by atoms with Gasteiger partial charge in [-0.1, -0.05) is 0 Å². The third-order valence-electron chi connectivity index (χ3n) is 1.74. The third-order valence-corrected chi connectivity index (χ3v) is 1.74. The van der Waals surface area contributed by atoms with Gasteiger partial charge in [-0.05, 0) is 25.0 Å². The van der Waals surface area contributed by atoms with Gasteiger partial charge in [0.15, 0.2) is 12.0 Å². The summed E-state index contributed by atoms with van der Waals surface area (Å²) in [5.74, 6) is 2.03. The molecule has 1 saturated carbocycles. The standard InChI is InChI=1S/C8H8O2.CH2O2/c9-5-7-3-4-8(10-7)6-1-2-6;2-1-3/h3-6H,1-2H2;1H,(H,2,3). The normalized spacial score (nSPS) is 14.2. The van der Waals surface area contributed by atoms with E-state index in [1.54, 1.807) is 6.07 Å². The molecule has 0 spiro atoms. The van der Waals surface area contributed by atoms with Crippen LogP contribution in [0.2, 0.25) is 0 Å². The van der Waals surface area contributed by atoms with Gasteiger partial charge >= 0.3 is 0 Å². The minimum absolute atomic E-state index is 0.250. The molecule has 1 fully saturated rings. The fourth-order valence-corrected chi connectivity index (χ4v) is 1.02. The van der Waals surface area contributed by atoms with Gasteiger partial charge in [-0.3, -0.25) is 9.59 Å². The highest BCUT2D eigenvalue weighted by Crippen LogP contribution is 2.40. The second-order valence-electron chi connectivity index (χ2n) is 2.74. The monoisotopic (exact) mass is 182 g/mol. The summed E-state index contributed by atoms with van der Waals surface area (Å²) in [7, 11) is 0. The molecule has 0 bridgehead atoms. The number of carbonyl (C=O) groups is 2. The largest absolute Gasteiger partial charge is 0.483 e. The smallest absolute Gasteiger partial charge is 0.290 e. The number of carboxylic acid groups (broad SMARTS) is 1. The molecular formula is C9H10O4. The maximum atomic E-state index is 10.2.